The molecule has 1 aromatic rings. The topological polar surface area (TPSA) is 45.7 Å². The standard InChI is InChI=1S/C17H31N3OS.HI/c1-4-18-17(19-10-6-5-7-11-21-3)20-14-15(2)13-16-9-8-12-22-16;/h8-9,12,15H,4-7,10-11,13-14H2,1-3H3,(H2,18,19,20);1H. The molecule has 0 bridgehead atoms. The number of unbranched alkanes of at least 4 members (excludes halogenated alkanes) is 2. The van der Waals surface area contributed by atoms with Crippen LogP contribution in [0.1, 0.15) is 38.0 Å². The smallest absolute Gasteiger partial charge is 0.191 e. The lowest BCUT2D eigenvalue weighted by atomic mass is 10.1. The summed E-state index contributed by atoms with van der Waals surface area (Å²) in [5.74, 6) is 1.50. The van der Waals surface area contributed by atoms with E-state index in [0.717, 1.165) is 51.5 Å². The molecule has 0 aliphatic heterocycles. The Balaban J connectivity index is 0.00000484. The first kappa shape index (κ1) is 22.7. The van der Waals surface area contributed by atoms with E-state index in [1.54, 1.807) is 7.11 Å². The molecule has 6 heteroatoms. The number of nitrogens with one attached hydrogen (secondary N) is 2. The van der Waals surface area contributed by atoms with Gasteiger partial charge in [-0.3, -0.25) is 4.99 Å². The maximum absolute atomic E-state index is 5.06. The number of methoxy groups -OCH3 is 1. The molecule has 1 unspecified atom stereocenters. The van der Waals surface area contributed by atoms with Crippen molar-refractivity contribution in [3.05, 3.63) is 22.4 Å². The summed E-state index contributed by atoms with van der Waals surface area (Å²) in [5, 5.41) is 8.87. The Labute approximate surface area is 162 Å². The lowest BCUT2D eigenvalue weighted by molar-refractivity contribution is 0.192. The quantitative estimate of drug-likeness (QED) is 0.231. The predicted octanol–water partition coefficient (Wildman–Crippen LogP) is 3.92. The second-order valence-electron chi connectivity index (χ2n) is 5.59. The average molecular weight is 453 g/mol. The summed E-state index contributed by atoms with van der Waals surface area (Å²) in [6.45, 7) is 7.94. The molecule has 0 aliphatic carbocycles. The van der Waals surface area contributed by atoms with E-state index in [0.29, 0.717) is 5.92 Å². The van der Waals surface area contributed by atoms with E-state index in [-0.39, 0.29) is 24.0 Å². The van der Waals surface area contributed by atoms with Crippen LogP contribution in [0.4, 0.5) is 0 Å². The van der Waals surface area contributed by atoms with Gasteiger partial charge in [-0.2, -0.15) is 0 Å². The van der Waals surface area contributed by atoms with E-state index in [4.69, 9.17) is 9.73 Å². The third-order valence-corrected chi connectivity index (χ3v) is 4.25. The second-order valence-corrected chi connectivity index (χ2v) is 6.62. The van der Waals surface area contributed by atoms with E-state index in [1.807, 2.05) is 11.3 Å². The van der Waals surface area contributed by atoms with Gasteiger partial charge in [0.1, 0.15) is 0 Å². The van der Waals surface area contributed by atoms with Crippen LogP contribution in [0.3, 0.4) is 0 Å². The van der Waals surface area contributed by atoms with Gasteiger partial charge in [-0.1, -0.05) is 13.0 Å². The molecule has 1 heterocycles. The molecule has 2 N–H and O–H groups in total. The summed E-state index contributed by atoms with van der Waals surface area (Å²) in [6, 6.07) is 4.32. The number of halogens is 1. The van der Waals surface area contributed by atoms with Crippen molar-refractivity contribution in [3.63, 3.8) is 0 Å². The van der Waals surface area contributed by atoms with Crippen LogP contribution >= 0.6 is 35.3 Å². The van der Waals surface area contributed by atoms with Gasteiger partial charge in [0, 0.05) is 38.2 Å². The molecule has 0 saturated carbocycles. The normalized spacial score (nSPS) is 12.6. The SMILES string of the molecule is CCNC(=NCC(C)Cc1cccs1)NCCCCCOC.I. The number of thiophene rings is 1. The zero-order chi connectivity index (χ0) is 16.0. The molecular weight excluding hydrogens is 421 g/mol. The molecule has 23 heavy (non-hydrogen) atoms. The minimum atomic E-state index is 0. The van der Waals surface area contributed by atoms with Crippen molar-refractivity contribution in [1.82, 2.24) is 10.6 Å². The summed E-state index contributed by atoms with van der Waals surface area (Å²) in [7, 11) is 1.76. The van der Waals surface area contributed by atoms with Crippen molar-refractivity contribution in [1.29, 1.82) is 0 Å². The van der Waals surface area contributed by atoms with Gasteiger partial charge >= 0.3 is 0 Å². The van der Waals surface area contributed by atoms with Gasteiger partial charge in [-0.15, -0.1) is 35.3 Å². The lowest BCUT2D eigenvalue weighted by Crippen LogP contribution is -2.38. The van der Waals surface area contributed by atoms with Crippen LogP contribution in [-0.4, -0.2) is 39.3 Å². The number of guanidine groups is 1. The average Bonchev–Trinajstić information content (AvgIpc) is 3.01. The van der Waals surface area contributed by atoms with Gasteiger partial charge < -0.3 is 15.4 Å². The third kappa shape index (κ3) is 11.8. The monoisotopic (exact) mass is 453 g/mol. The molecule has 134 valence electrons. The van der Waals surface area contributed by atoms with E-state index in [9.17, 15) is 0 Å². The van der Waals surface area contributed by atoms with Crippen molar-refractivity contribution >= 4 is 41.3 Å². The summed E-state index contributed by atoms with van der Waals surface area (Å²) < 4.78 is 5.06. The fourth-order valence-corrected chi connectivity index (χ4v) is 3.05. The maximum Gasteiger partial charge on any atom is 0.191 e. The van der Waals surface area contributed by atoms with Crippen molar-refractivity contribution < 1.29 is 4.74 Å². The van der Waals surface area contributed by atoms with Crippen molar-refractivity contribution in [3.8, 4) is 0 Å². The summed E-state index contributed by atoms with van der Waals surface area (Å²) in [6.07, 6.45) is 4.58. The third-order valence-electron chi connectivity index (χ3n) is 3.35. The van der Waals surface area contributed by atoms with Gasteiger partial charge in [0.05, 0.1) is 0 Å². The lowest BCUT2D eigenvalue weighted by Gasteiger charge is -2.13. The highest BCUT2D eigenvalue weighted by atomic mass is 127. The van der Waals surface area contributed by atoms with Crippen molar-refractivity contribution in [2.24, 2.45) is 10.9 Å². The number of ether oxygens (including phenoxy) is 1. The minimum absolute atomic E-state index is 0. The van der Waals surface area contributed by atoms with Crippen molar-refractivity contribution in [2.45, 2.75) is 39.5 Å². The Hall–Kier alpha value is -0.340. The maximum atomic E-state index is 5.06. The van der Waals surface area contributed by atoms with Gasteiger partial charge in [0.2, 0.25) is 0 Å². The first-order chi connectivity index (χ1) is 10.8. The van der Waals surface area contributed by atoms with E-state index >= 15 is 0 Å². The van der Waals surface area contributed by atoms with Crippen molar-refractivity contribution in [2.75, 3.05) is 33.4 Å². The van der Waals surface area contributed by atoms with Crippen LogP contribution in [0.2, 0.25) is 0 Å². The van der Waals surface area contributed by atoms with Gasteiger partial charge in [0.15, 0.2) is 5.96 Å². The van der Waals surface area contributed by atoms with Crippen LogP contribution in [0, 0.1) is 5.92 Å². The first-order valence-electron chi connectivity index (χ1n) is 8.29. The Bertz CT molecular complexity index is 399. The zero-order valence-corrected chi connectivity index (χ0v) is 17.8. The van der Waals surface area contributed by atoms with Gasteiger partial charge in [0.25, 0.3) is 0 Å². The highest BCUT2D eigenvalue weighted by Gasteiger charge is 2.05. The highest BCUT2D eigenvalue weighted by molar-refractivity contribution is 14.0. The predicted molar refractivity (Wildman–Crippen MR) is 112 cm³/mol. The van der Waals surface area contributed by atoms with E-state index in [1.165, 1.54) is 11.3 Å². The largest absolute Gasteiger partial charge is 0.385 e. The molecule has 0 aliphatic rings. The molecule has 1 atom stereocenters. The molecule has 0 saturated heterocycles. The Morgan fingerprint density at radius 3 is 2.78 bits per heavy atom. The van der Waals surface area contributed by atoms with E-state index < -0.39 is 0 Å². The zero-order valence-electron chi connectivity index (χ0n) is 14.6. The number of hydrogen-bond acceptors (Lipinski definition) is 3. The summed E-state index contributed by atoms with van der Waals surface area (Å²) in [4.78, 5) is 6.15. The fourth-order valence-electron chi connectivity index (χ4n) is 2.18. The van der Waals surface area contributed by atoms with Crippen LogP contribution in [0.5, 0.6) is 0 Å². The fraction of sp³-hybridized carbons (Fsp3) is 0.706. The molecule has 0 aromatic carbocycles. The number of aliphatic imine (C=N–C) groups is 1. The van der Waals surface area contributed by atoms with Crippen LogP contribution in [0.25, 0.3) is 0 Å². The minimum Gasteiger partial charge on any atom is -0.385 e. The highest BCUT2D eigenvalue weighted by Crippen LogP contribution is 2.14. The summed E-state index contributed by atoms with van der Waals surface area (Å²) in [5.41, 5.74) is 0. The molecule has 0 amide bonds. The molecular formula is C17H32IN3OS. The number of hydrogen-bond donors (Lipinski definition) is 2. The Kier molecular flexibility index (Phi) is 15.0. The van der Waals surface area contributed by atoms with E-state index in [2.05, 4.69) is 42.0 Å². The van der Waals surface area contributed by atoms with Crippen LogP contribution in [0.15, 0.2) is 22.5 Å². The van der Waals surface area contributed by atoms with Gasteiger partial charge in [-0.25, -0.2) is 0 Å². The molecule has 0 radical (unpaired) electrons. The molecule has 4 nitrogen and oxygen atoms in total. The molecule has 1 aromatic heterocycles. The molecule has 0 fully saturated rings. The molecule has 1 rings (SSSR count). The second kappa shape index (κ2) is 15.2. The Morgan fingerprint density at radius 1 is 1.30 bits per heavy atom. The first-order valence-corrected chi connectivity index (χ1v) is 9.17. The number of nitrogens with zero attached hydrogens (tertiary/aromatic N) is 1. The van der Waals surface area contributed by atoms with Crippen LogP contribution in [-0.2, 0) is 11.2 Å². The van der Waals surface area contributed by atoms with Crippen LogP contribution < -0.4 is 10.6 Å². The molecule has 0 spiro atoms. The number of rotatable bonds is 11. The summed E-state index contributed by atoms with van der Waals surface area (Å²) >= 11 is 1.83. The Morgan fingerprint density at radius 2 is 2.13 bits per heavy atom. The van der Waals surface area contributed by atoms with Gasteiger partial charge in [-0.05, 0) is 50.0 Å².